The van der Waals surface area contributed by atoms with E-state index in [1.54, 1.807) is 0 Å². The van der Waals surface area contributed by atoms with E-state index in [1.165, 1.54) is 0 Å². The number of carbonyl (C=O) groups excluding carboxylic acids is 3. The van der Waals surface area contributed by atoms with Crippen LogP contribution in [0.3, 0.4) is 0 Å². The van der Waals surface area contributed by atoms with E-state index in [9.17, 15) is 14.4 Å². The average molecular weight is 281 g/mol. The van der Waals surface area contributed by atoms with Gasteiger partial charge in [-0.2, -0.15) is 0 Å². The summed E-state index contributed by atoms with van der Waals surface area (Å²) in [5.74, 6) is -2.13. The van der Waals surface area contributed by atoms with Gasteiger partial charge >= 0.3 is 11.9 Å². The van der Waals surface area contributed by atoms with Crippen LogP contribution in [0.4, 0.5) is 0 Å². The summed E-state index contributed by atoms with van der Waals surface area (Å²) >= 11 is 0. The molecule has 4 atom stereocenters. The van der Waals surface area contributed by atoms with Crippen molar-refractivity contribution in [3.05, 3.63) is 0 Å². The molecule has 0 aromatic rings. The molecule has 0 radical (unpaired) electrons. The monoisotopic (exact) mass is 281 g/mol. The number of nitrogens with one attached hydrogen (secondary N) is 1. The zero-order chi connectivity index (χ0) is 14.7. The topological polar surface area (TPSA) is 81.7 Å². The minimum Gasteiger partial charge on any atom is -0.393 e. The van der Waals surface area contributed by atoms with Crippen LogP contribution in [0.15, 0.2) is 0 Å². The Morgan fingerprint density at radius 3 is 2.70 bits per heavy atom. The van der Waals surface area contributed by atoms with E-state index >= 15 is 0 Å². The van der Waals surface area contributed by atoms with Gasteiger partial charge in [-0.3, -0.25) is 14.4 Å². The third-order valence-corrected chi connectivity index (χ3v) is 4.52. The predicted octanol–water partition coefficient (Wildman–Crippen LogP) is 0.396. The Balaban J connectivity index is 1.77. The molecular formula is C14H19NO5. The van der Waals surface area contributed by atoms with Crippen molar-refractivity contribution in [3.8, 4) is 0 Å². The summed E-state index contributed by atoms with van der Waals surface area (Å²) in [4.78, 5) is 35.5. The number of esters is 2. The van der Waals surface area contributed by atoms with Crippen LogP contribution in [0.25, 0.3) is 0 Å². The van der Waals surface area contributed by atoms with E-state index in [4.69, 9.17) is 9.47 Å². The first-order valence-electron chi connectivity index (χ1n) is 6.96. The van der Waals surface area contributed by atoms with Crippen molar-refractivity contribution < 1.29 is 23.9 Å². The molecule has 3 fully saturated rings. The summed E-state index contributed by atoms with van der Waals surface area (Å²) in [6, 6.07) is 0. The van der Waals surface area contributed by atoms with Gasteiger partial charge in [-0.1, -0.05) is 20.8 Å². The van der Waals surface area contributed by atoms with Crippen molar-refractivity contribution in [1.82, 2.24) is 5.32 Å². The highest BCUT2D eigenvalue weighted by Gasteiger charge is 2.68. The second-order valence-corrected chi connectivity index (χ2v) is 6.94. The second-order valence-electron chi connectivity index (χ2n) is 6.94. The lowest BCUT2D eigenvalue weighted by molar-refractivity contribution is -0.159. The van der Waals surface area contributed by atoms with Crippen LogP contribution in [0, 0.1) is 17.3 Å². The number of amides is 1. The molecule has 0 unspecified atom stereocenters. The first-order valence-corrected chi connectivity index (χ1v) is 6.96. The third-order valence-electron chi connectivity index (χ3n) is 4.52. The maximum atomic E-state index is 12.0. The van der Waals surface area contributed by atoms with Crippen molar-refractivity contribution in [1.29, 1.82) is 0 Å². The van der Waals surface area contributed by atoms with Crippen LogP contribution < -0.4 is 5.32 Å². The van der Waals surface area contributed by atoms with Gasteiger partial charge in [0.25, 0.3) is 0 Å². The molecule has 3 rings (SSSR count). The fraction of sp³-hybridized carbons (Fsp3) is 0.786. The molecule has 3 saturated heterocycles. The minimum atomic E-state index is -0.764. The average Bonchev–Trinajstić information content (AvgIpc) is 2.97. The smallest absolute Gasteiger partial charge is 0.320 e. The molecule has 1 N–H and O–H groups in total. The van der Waals surface area contributed by atoms with Gasteiger partial charge in [-0.15, -0.1) is 0 Å². The quantitative estimate of drug-likeness (QED) is 0.585. The van der Waals surface area contributed by atoms with E-state index in [-0.39, 0.29) is 18.6 Å². The summed E-state index contributed by atoms with van der Waals surface area (Å²) in [7, 11) is 0. The van der Waals surface area contributed by atoms with Gasteiger partial charge in [-0.05, 0) is 12.8 Å². The summed E-state index contributed by atoms with van der Waals surface area (Å²) in [6.07, 6.45) is 1.16. The van der Waals surface area contributed by atoms with Gasteiger partial charge in [0, 0.05) is 12.0 Å². The highest BCUT2D eigenvalue weighted by atomic mass is 16.6. The van der Waals surface area contributed by atoms with Gasteiger partial charge in [0.15, 0.2) is 0 Å². The highest BCUT2D eigenvalue weighted by molar-refractivity contribution is 5.98. The van der Waals surface area contributed by atoms with Crippen LogP contribution in [-0.4, -0.2) is 36.1 Å². The second kappa shape index (κ2) is 4.04. The molecular weight excluding hydrogens is 262 g/mol. The number of fused-ring (bicyclic) bond motifs is 5. The van der Waals surface area contributed by atoms with Crippen LogP contribution in [0.5, 0.6) is 0 Å². The molecule has 3 aliphatic heterocycles. The molecule has 0 aromatic heterocycles. The van der Waals surface area contributed by atoms with Gasteiger partial charge in [0.2, 0.25) is 5.91 Å². The Morgan fingerprint density at radius 1 is 1.35 bits per heavy atom. The molecule has 0 spiro atoms. The van der Waals surface area contributed by atoms with Crippen LogP contribution in [0.1, 0.15) is 33.6 Å². The molecule has 20 heavy (non-hydrogen) atoms. The molecule has 0 aliphatic carbocycles. The van der Waals surface area contributed by atoms with E-state index in [1.807, 2.05) is 20.8 Å². The summed E-state index contributed by atoms with van der Waals surface area (Å²) < 4.78 is 10.6. The molecule has 1 amide bonds. The normalized spacial score (nSPS) is 38.9. The number of cyclic esters (lactones) is 2. The zero-order valence-electron chi connectivity index (χ0n) is 11.9. The van der Waals surface area contributed by atoms with E-state index < -0.39 is 34.8 Å². The highest BCUT2D eigenvalue weighted by Crippen LogP contribution is 2.54. The fourth-order valence-electron chi connectivity index (χ4n) is 3.44. The largest absolute Gasteiger partial charge is 0.393 e. The molecule has 2 bridgehead atoms. The molecule has 0 aromatic carbocycles. The molecule has 6 nitrogen and oxygen atoms in total. The Kier molecular flexibility index (Phi) is 2.73. The number of ether oxygens (including phenoxy) is 2. The molecule has 6 heteroatoms. The van der Waals surface area contributed by atoms with Crippen LogP contribution >= 0.6 is 0 Å². The number of carbonyl (C=O) groups is 3. The molecule has 0 saturated carbocycles. The maximum Gasteiger partial charge on any atom is 0.320 e. The van der Waals surface area contributed by atoms with Crippen molar-refractivity contribution in [2.24, 2.45) is 17.3 Å². The Bertz CT molecular complexity index is 494. The van der Waals surface area contributed by atoms with Crippen LogP contribution in [0.2, 0.25) is 0 Å². The lowest BCUT2D eigenvalue weighted by atomic mass is 9.73. The Morgan fingerprint density at radius 2 is 2.05 bits per heavy atom. The van der Waals surface area contributed by atoms with Gasteiger partial charge in [0.05, 0.1) is 12.0 Å². The summed E-state index contributed by atoms with van der Waals surface area (Å²) in [5.41, 5.74) is -1.27. The number of hydrogen-bond acceptors (Lipinski definition) is 5. The van der Waals surface area contributed by atoms with Gasteiger partial charge in [0.1, 0.15) is 11.5 Å². The molecule has 3 heterocycles. The SMILES string of the molecule is CC(C)(C)C(=O)NC[C@]12CC[C@H](O1)[C@H]1C(=O)OC(=O)[C@H]12. The lowest BCUT2D eigenvalue weighted by Gasteiger charge is -2.31. The molecule has 110 valence electrons. The zero-order valence-corrected chi connectivity index (χ0v) is 11.9. The van der Waals surface area contributed by atoms with E-state index in [0.717, 1.165) is 6.42 Å². The van der Waals surface area contributed by atoms with Gasteiger partial charge in [-0.25, -0.2) is 0 Å². The summed E-state index contributed by atoms with van der Waals surface area (Å²) in [5, 5.41) is 2.85. The Hall–Kier alpha value is -1.43. The van der Waals surface area contributed by atoms with Gasteiger partial charge < -0.3 is 14.8 Å². The third kappa shape index (κ3) is 1.78. The Labute approximate surface area is 117 Å². The number of rotatable bonds is 2. The van der Waals surface area contributed by atoms with E-state index in [2.05, 4.69) is 5.32 Å². The number of hydrogen-bond donors (Lipinski definition) is 1. The maximum absolute atomic E-state index is 12.0. The predicted molar refractivity (Wildman–Crippen MR) is 67.4 cm³/mol. The fourth-order valence-corrected chi connectivity index (χ4v) is 3.44. The lowest BCUT2D eigenvalue weighted by Crippen LogP contribution is -2.50. The van der Waals surface area contributed by atoms with Crippen LogP contribution in [-0.2, 0) is 23.9 Å². The standard InChI is InChI=1S/C14H19NO5/c1-13(2,3)12(18)15-6-14-5-4-7(20-14)8-9(14)11(17)19-10(8)16/h7-9H,4-6H2,1-3H3,(H,15,18)/t7-,8+,9-,14-/m0/s1. The molecule has 3 aliphatic rings. The summed E-state index contributed by atoms with van der Waals surface area (Å²) in [6.45, 7) is 5.72. The minimum absolute atomic E-state index is 0.0972. The van der Waals surface area contributed by atoms with Crippen molar-refractivity contribution in [3.63, 3.8) is 0 Å². The van der Waals surface area contributed by atoms with Crippen molar-refractivity contribution in [2.45, 2.75) is 45.3 Å². The first-order chi connectivity index (χ1) is 9.24. The van der Waals surface area contributed by atoms with E-state index in [0.29, 0.717) is 6.42 Å². The van der Waals surface area contributed by atoms with Crippen molar-refractivity contribution >= 4 is 17.8 Å². The first kappa shape index (κ1) is 13.5. The van der Waals surface area contributed by atoms with Crippen molar-refractivity contribution in [2.75, 3.05) is 6.54 Å².